The second kappa shape index (κ2) is 6.30. The predicted molar refractivity (Wildman–Crippen MR) is 87.3 cm³/mol. The first-order valence-corrected chi connectivity index (χ1v) is 7.21. The van der Waals surface area contributed by atoms with Gasteiger partial charge in [-0.3, -0.25) is 9.78 Å². The number of rotatable bonds is 5. The summed E-state index contributed by atoms with van der Waals surface area (Å²) in [7, 11) is 0. The Morgan fingerprint density at radius 2 is 1.91 bits per heavy atom. The van der Waals surface area contributed by atoms with Gasteiger partial charge in [0, 0.05) is 12.1 Å². The molecule has 0 fully saturated rings. The molecule has 0 aliphatic carbocycles. The van der Waals surface area contributed by atoms with E-state index in [4.69, 9.17) is 4.74 Å². The third-order valence-electron chi connectivity index (χ3n) is 3.33. The molecule has 0 radical (unpaired) electrons. The van der Waals surface area contributed by atoms with E-state index in [-0.39, 0.29) is 5.56 Å². The van der Waals surface area contributed by atoms with E-state index in [1.165, 1.54) is 0 Å². The van der Waals surface area contributed by atoms with Gasteiger partial charge in [0.1, 0.15) is 5.75 Å². The minimum Gasteiger partial charge on any atom is -0.494 e. The van der Waals surface area contributed by atoms with Gasteiger partial charge in [0.05, 0.1) is 17.5 Å². The van der Waals surface area contributed by atoms with E-state index in [0.717, 1.165) is 11.3 Å². The molecule has 5 heteroatoms. The topological polar surface area (TPSA) is 67.0 Å². The van der Waals surface area contributed by atoms with Gasteiger partial charge in [0.15, 0.2) is 0 Å². The van der Waals surface area contributed by atoms with Crippen molar-refractivity contribution in [2.45, 2.75) is 13.5 Å². The number of ether oxygens (including phenoxy) is 1. The van der Waals surface area contributed by atoms with Crippen LogP contribution in [-0.4, -0.2) is 16.6 Å². The largest absolute Gasteiger partial charge is 0.494 e. The molecule has 2 N–H and O–H groups in total. The van der Waals surface area contributed by atoms with Gasteiger partial charge in [-0.25, -0.2) is 4.98 Å². The average molecular weight is 295 g/mol. The Labute approximate surface area is 128 Å². The Balaban J connectivity index is 1.84. The normalized spacial score (nSPS) is 10.6. The maximum Gasteiger partial charge on any atom is 0.260 e. The fourth-order valence-corrected chi connectivity index (χ4v) is 2.30. The van der Waals surface area contributed by atoms with Gasteiger partial charge in [-0.2, -0.15) is 0 Å². The van der Waals surface area contributed by atoms with Crippen molar-refractivity contribution in [3.8, 4) is 5.75 Å². The highest BCUT2D eigenvalue weighted by Crippen LogP contribution is 2.19. The Hall–Kier alpha value is -2.82. The second-order valence-electron chi connectivity index (χ2n) is 4.83. The third-order valence-corrected chi connectivity index (χ3v) is 3.33. The summed E-state index contributed by atoms with van der Waals surface area (Å²) in [6.07, 6.45) is 0. The molecule has 0 saturated heterocycles. The van der Waals surface area contributed by atoms with E-state index in [0.29, 0.717) is 30.0 Å². The molecule has 112 valence electrons. The monoisotopic (exact) mass is 295 g/mol. The molecule has 0 atom stereocenters. The van der Waals surface area contributed by atoms with Gasteiger partial charge in [-0.15, -0.1) is 0 Å². The highest BCUT2D eigenvalue weighted by Gasteiger charge is 2.05. The lowest BCUT2D eigenvalue weighted by Crippen LogP contribution is -2.13. The van der Waals surface area contributed by atoms with Crippen molar-refractivity contribution in [3.05, 3.63) is 64.4 Å². The lowest BCUT2D eigenvalue weighted by atomic mass is 10.2. The SMILES string of the molecule is CCOc1ccccc1CNc1nc2ccccc2c(=O)[nH]1. The summed E-state index contributed by atoms with van der Waals surface area (Å²) in [5.74, 6) is 1.29. The van der Waals surface area contributed by atoms with Crippen LogP contribution in [0.3, 0.4) is 0 Å². The van der Waals surface area contributed by atoms with Gasteiger partial charge >= 0.3 is 0 Å². The van der Waals surface area contributed by atoms with E-state index >= 15 is 0 Å². The highest BCUT2D eigenvalue weighted by molar-refractivity contribution is 5.78. The van der Waals surface area contributed by atoms with E-state index in [1.54, 1.807) is 6.07 Å². The Morgan fingerprint density at radius 1 is 1.14 bits per heavy atom. The molecular formula is C17H17N3O2. The maximum absolute atomic E-state index is 12.0. The smallest absolute Gasteiger partial charge is 0.260 e. The molecule has 22 heavy (non-hydrogen) atoms. The van der Waals surface area contributed by atoms with Crippen molar-refractivity contribution < 1.29 is 4.74 Å². The van der Waals surface area contributed by atoms with E-state index < -0.39 is 0 Å². The molecule has 2 aromatic carbocycles. The molecule has 1 heterocycles. The van der Waals surface area contributed by atoms with Crippen LogP contribution in [0.1, 0.15) is 12.5 Å². The number of H-pyrrole nitrogens is 1. The number of fused-ring (bicyclic) bond motifs is 1. The molecule has 3 aromatic rings. The molecule has 3 rings (SSSR count). The van der Waals surface area contributed by atoms with E-state index in [2.05, 4.69) is 15.3 Å². The molecule has 0 aliphatic heterocycles. The predicted octanol–water partition coefficient (Wildman–Crippen LogP) is 2.93. The van der Waals surface area contributed by atoms with Crippen LogP contribution in [0, 0.1) is 0 Å². The van der Waals surface area contributed by atoms with Crippen molar-refractivity contribution in [3.63, 3.8) is 0 Å². The quantitative estimate of drug-likeness (QED) is 0.759. The number of anilines is 1. The summed E-state index contributed by atoms with van der Waals surface area (Å²) in [5.41, 5.74) is 1.54. The number of nitrogens with zero attached hydrogens (tertiary/aromatic N) is 1. The maximum atomic E-state index is 12.0. The van der Waals surface area contributed by atoms with Crippen LogP contribution in [0.5, 0.6) is 5.75 Å². The molecule has 0 saturated carbocycles. The molecule has 0 aliphatic rings. The lowest BCUT2D eigenvalue weighted by molar-refractivity contribution is 0.337. The fourth-order valence-electron chi connectivity index (χ4n) is 2.30. The van der Waals surface area contributed by atoms with Crippen LogP contribution in [0.4, 0.5) is 5.95 Å². The van der Waals surface area contributed by atoms with Crippen LogP contribution < -0.4 is 15.6 Å². The summed E-state index contributed by atoms with van der Waals surface area (Å²) in [6, 6.07) is 15.1. The van der Waals surface area contributed by atoms with E-state index in [9.17, 15) is 4.79 Å². The van der Waals surface area contributed by atoms with Crippen molar-refractivity contribution in [2.75, 3.05) is 11.9 Å². The number of hydrogen-bond donors (Lipinski definition) is 2. The van der Waals surface area contributed by atoms with Crippen LogP contribution in [0.2, 0.25) is 0 Å². The standard InChI is InChI=1S/C17H17N3O2/c1-2-22-15-10-6-3-7-12(15)11-18-17-19-14-9-5-4-8-13(14)16(21)20-17/h3-10H,2,11H2,1H3,(H2,18,19,20,21). The molecular weight excluding hydrogens is 278 g/mol. The van der Waals surface area contributed by atoms with Gasteiger partial charge < -0.3 is 10.1 Å². The molecule has 5 nitrogen and oxygen atoms in total. The van der Waals surface area contributed by atoms with Gasteiger partial charge in [0.25, 0.3) is 5.56 Å². The fraction of sp³-hybridized carbons (Fsp3) is 0.176. The summed E-state index contributed by atoms with van der Waals surface area (Å²) in [5, 5.41) is 3.73. The highest BCUT2D eigenvalue weighted by atomic mass is 16.5. The van der Waals surface area contributed by atoms with Crippen molar-refractivity contribution in [2.24, 2.45) is 0 Å². The molecule has 0 amide bonds. The number of nitrogens with one attached hydrogen (secondary N) is 2. The van der Waals surface area contributed by atoms with Crippen molar-refractivity contribution in [1.29, 1.82) is 0 Å². The molecule has 0 unspecified atom stereocenters. The first kappa shape index (κ1) is 14.1. The Kier molecular flexibility index (Phi) is 4.05. The zero-order valence-electron chi connectivity index (χ0n) is 12.3. The zero-order valence-corrected chi connectivity index (χ0v) is 12.3. The first-order valence-electron chi connectivity index (χ1n) is 7.21. The third kappa shape index (κ3) is 2.93. The lowest BCUT2D eigenvalue weighted by Gasteiger charge is -2.11. The Morgan fingerprint density at radius 3 is 2.77 bits per heavy atom. The zero-order chi connectivity index (χ0) is 15.4. The minimum atomic E-state index is -0.147. The van der Waals surface area contributed by atoms with Crippen LogP contribution in [0.25, 0.3) is 10.9 Å². The summed E-state index contributed by atoms with van der Waals surface area (Å²) in [6.45, 7) is 3.09. The number of hydrogen-bond acceptors (Lipinski definition) is 4. The summed E-state index contributed by atoms with van der Waals surface area (Å²) in [4.78, 5) is 19.2. The number of aromatic nitrogens is 2. The average Bonchev–Trinajstić information content (AvgIpc) is 2.54. The van der Waals surface area contributed by atoms with Gasteiger partial charge in [0.2, 0.25) is 5.95 Å². The molecule has 1 aromatic heterocycles. The van der Waals surface area contributed by atoms with Gasteiger partial charge in [-0.1, -0.05) is 30.3 Å². The minimum absolute atomic E-state index is 0.147. The van der Waals surface area contributed by atoms with Crippen LogP contribution in [-0.2, 0) is 6.54 Å². The Bertz CT molecular complexity index is 842. The van der Waals surface area contributed by atoms with Crippen molar-refractivity contribution in [1.82, 2.24) is 9.97 Å². The second-order valence-corrected chi connectivity index (χ2v) is 4.83. The number of aromatic amines is 1. The molecule has 0 spiro atoms. The van der Waals surface area contributed by atoms with Crippen molar-refractivity contribution >= 4 is 16.9 Å². The van der Waals surface area contributed by atoms with Gasteiger partial charge in [-0.05, 0) is 25.1 Å². The summed E-state index contributed by atoms with van der Waals surface area (Å²) < 4.78 is 5.59. The number of para-hydroxylation sites is 2. The van der Waals surface area contributed by atoms with Crippen LogP contribution in [0.15, 0.2) is 53.3 Å². The van der Waals surface area contributed by atoms with E-state index in [1.807, 2.05) is 49.4 Å². The molecule has 0 bridgehead atoms. The first-order chi connectivity index (χ1) is 10.8. The summed E-state index contributed by atoms with van der Waals surface area (Å²) >= 11 is 0. The van der Waals surface area contributed by atoms with Crippen LogP contribution >= 0.6 is 0 Å². The number of benzene rings is 2.